The summed E-state index contributed by atoms with van der Waals surface area (Å²) in [7, 11) is 3.45. The Bertz CT molecular complexity index is 390. The molecule has 0 saturated heterocycles. The van der Waals surface area contributed by atoms with Gasteiger partial charge in [-0.2, -0.15) is 0 Å². The molecule has 0 bridgehead atoms. The fourth-order valence-electron chi connectivity index (χ4n) is 2.98. The van der Waals surface area contributed by atoms with E-state index in [1.807, 2.05) is 0 Å². The van der Waals surface area contributed by atoms with E-state index in [0.717, 1.165) is 31.4 Å². The Morgan fingerprint density at radius 2 is 2.00 bits per heavy atom. The Labute approximate surface area is 116 Å². The van der Waals surface area contributed by atoms with Crippen molar-refractivity contribution < 1.29 is 9.47 Å². The second-order valence-corrected chi connectivity index (χ2v) is 5.49. The summed E-state index contributed by atoms with van der Waals surface area (Å²) in [5.74, 6) is 1.66. The first-order valence-electron chi connectivity index (χ1n) is 7.07. The van der Waals surface area contributed by atoms with Crippen LogP contribution in [-0.4, -0.2) is 33.9 Å². The zero-order valence-corrected chi connectivity index (χ0v) is 12.2. The van der Waals surface area contributed by atoms with Crippen molar-refractivity contribution in [2.45, 2.75) is 25.2 Å². The molecule has 3 nitrogen and oxygen atoms in total. The minimum atomic E-state index is 0.292. The molecule has 0 heterocycles. The maximum atomic E-state index is 5.24. The molecule has 1 saturated carbocycles. The van der Waals surface area contributed by atoms with Gasteiger partial charge < -0.3 is 14.8 Å². The molecule has 0 aliphatic heterocycles. The largest absolute Gasteiger partial charge is 0.497 e. The Morgan fingerprint density at radius 3 is 2.47 bits per heavy atom. The lowest BCUT2D eigenvalue weighted by molar-refractivity contribution is 0.127. The van der Waals surface area contributed by atoms with Crippen LogP contribution in [0.25, 0.3) is 0 Å². The number of rotatable bonds is 7. The minimum absolute atomic E-state index is 0.292. The van der Waals surface area contributed by atoms with Crippen LogP contribution in [0.5, 0.6) is 5.75 Å². The van der Waals surface area contributed by atoms with Gasteiger partial charge in [0.1, 0.15) is 5.75 Å². The summed E-state index contributed by atoms with van der Waals surface area (Å²) in [5, 5.41) is 3.53. The first-order chi connectivity index (χ1) is 9.23. The Kier molecular flexibility index (Phi) is 4.83. The van der Waals surface area contributed by atoms with Gasteiger partial charge in [-0.3, -0.25) is 0 Å². The summed E-state index contributed by atoms with van der Waals surface area (Å²) in [6.07, 6.45) is 2.58. The van der Waals surface area contributed by atoms with Gasteiger partial charge in [0.05, 0.1) is 13.7 Å². The molecule has 2 unspecified atom stereocenters. The SMILES string of the molecule is COCCNCC1(c2ccc(OC)cc2)CCC1C. The van der Waals surface area contributed by atoms with Crippen molar-refractivity contribution in [3.63, 3.8) is 0 Å². The molecule has 2 atom stereocenters. The maximum Gasteiger partial charge on any atom is 0.118 e. The molecule has 1 N–H and O–H groups in total. The second kappa shape index (κ2) is 6.40. The molecule has 3 heteroatoms. The van der Waals surface area contributed by atoms with Gasteiger partial charge in [-0.1, -0.05) is 19.1 Å². The van der Waals surface area contributed by atoms with Gasteiger partial charge in [0, 0.05) is 25.6 Å². The predicted molar refractivity (Wildman–Crippen MR) is 77.8 cm³/mol. The lowest BCUT2D eigenvalue weighted by Crippen LogP contribution is -2.50. The maximum absolute atomic E-state index is 5.24. The van der Waals surface area contributed by atoms with Crippen molar-refractivity contribution in [1.82, 2.24) is 5.32 Å². The van der Waals surface area contributed by atoms with Crippen LogP contribution in [0.2, 0.25) is 0 Å². The molecule has 0 amide bonds. The van der Waals surface area contributed by atoms with Crippen molar-refractivity contribution in [2.75, 3.05) is 33.9 Å². The van der Waals surface area contributed by atoms with Crippen molar-refractivity contribution >= 4 is 0 Å². The molecule has 1 aromatic carbocycles. The lowest BCUT2D eigenvalue weighted by atomic mass is 9.57. The number of hydrogen-bond acceptors (Lipinski definition) is 3. The van der Waals surface area contributed by atoms with E-state index in [2.05, 4.69) is 36.5 Å². The Morgan fingerprint density at radius 1 is 1.26 bits per heavy atom. The van der Waals surface area contributed by atoms with E-state index >= 15 is 0 Å². The van der Waals surface area contributed by atoms with Gasteiger partial charge in [-0.15, -0.1) is 0 Å². The number of nitrogens with one attached hydrogen (secondary N) is 1. The van der Waals surface area contributed by atoms with Crippen molar-refractivity contribution in [2.24, 2.45) is 5.92 Å². The van der Waals surface area contributed by atoms with Crippen molar-refractivity contribution in [3.05, 3.63) is 29.8 Å². The molecule has 0 aromatic heterocycles. The second-order valence-electron chi connectivity index (χ2n) is 5.49. The summed E-state index contributed by atoms with van der Waals surface area (Å²) >= 11 is 0. The van der Waals surface area contributed by atoms with Crippen LogP contribution in [0.15, 0.2) is 24.3 Å². The van der Waals surface area contributed by atoms with E-state index in [0.29, 0.717) is 5.41 Å². The zero-order chi connectivity index (χ0) is 13.7. The molecule has 19 heavy (non-hydrogen) atoms. The average Bonchev–Trinajstić information content (AvgIpc) is 2.46. The first kappa shape index (κ1) is 14.4. The number of ether oxygens (including phenoxy) is 2. The first-order valence-corrected chi connectivity index (χ1v) is 7.07. The van der Waals surface area contributed by atoms with Crippen LogP contribution < -0.4 is 10.1 Å². The third-order valence-electron chi connectivity index (χ3n) is 4.56. The van der Waals surface area contributed by atoms with E-state index in [1.54, 1.807) is 14.2 Å². The van der Waals surface area contributed by atoms with Crippen LogP contribution >= 0.6 is 0 Å². The molecule has 1 fully saturated rings. The molecular formula is C16H25NO2. The molecule has 0 radical (unpaired) electrons. The van der Waals surface area contributed by atoms with Crippen LogP contribution in [0.3, 0.4) is 0 Å². The molecule has 1 aliphatic carbocycles. The topological polar surface area (TPSA) is 30.5 Å². The summed E-state index contributed by atoms with van der Waals surface area (Å²) in [4.78, 5) is 0. The Balaban J connectivity index is 2.05. The molecular weight excluding hydrogens is 238 g/mol. The quantitative estimate of drug-likeness (QED) is 0.767. The Hall–Kier alpha value is -1.06. The van der Waals surface area contributed by atoms with Gasteiger partial charge in [0.2, 0.25) is 0 Å². The highest BCUT2D eigenvalue weighted by molar-refractivity contribution is 5.35. The summed E-state index contributed by atoms with van der Waals surface area (Å²) in [6, 6.07) is 8.56. The van der Waals surface area contributed by atoms with Crippen LogP contribution in [0.1, 0.15) is 25.3 Å². The zero-order valence-electron chi connectivity index (χ0n) is 12.2. The van der Waals surface area contributed by atoms with E-state index in [4.69, 9.17) is 9.47 Å². The highest BCUT2D eigenvalue weighted by atomic mass is 16.5. The molecule has 2 rings (SSSR count). The fourth-order valence-corrected chi connectivity index (χ4v) is 2.98. The third-order valence-corrected chi connectivity index (χ3v) is 4.56. The number of methoxy groups -OCH3 is 2. The summed E-state index contributed by atoms with van der Waals surface area (Å²) < 4.78 is 10.3. The highest BCUT2D eigenvalue weighted by Crippen LogP contribution is 2.48. The average molecular weight is 263 g/mol. The monoisotopic (exact) mass is 263 g/mol. The van der Waals surface area contributed by atoms with Crippen LogP contribution in [-0.2, 0) is 10.2 Å². The predicted octanol–water partition coefficient (Wildman–Crippen LogP) is 2.60. The standard InChI is InChI=1S/C16H25NO2/c1-13-8-9-16(13,12-17-10-11-18-2)14-4-6-15(19-3)7-5-14/h4-7,13,17H,8-12H2,1-3H3. The van der Waals surface area contributed by atoms with Crippen molar-refractivity contribution in [1.29, 1.82) is 0 Å². The van der Waals surface area contributed by atoms with Gasteiger partial charge in [-0.05, 0) is 36.5 Å². The highest BCUT2D eigenvalue weighted by Gasteiger charge is 2.44. The minimum Gasteiger partial charge on any atom is -0.497 e. The summed E-state index contributed by atoms with van der Waals surface area (Å²) in [6.45, 7) is 5.07. The van der Waals surface area contributed by atoms with Gasteiger partial charge in [0.15, 0.2) is 0 Å². The van der Waals surface area contributed by atoms with Gasteiger partial charge >= 0.3 is 0 Å². The molecule has 1 aliphatic rings. The normalized spacial score (nSPS) is 25.9. The van der Waals surface area contributed by atoms with E-state index < -0.39 is 0 Å². The van der Waals surface area contributed by atoms with Crippen LogP contribution in [0.4, 0.5) is 0 Å². The smallest absolute Gasteiger partial charge is 0.118 e. The molecule has 1 aromatic rings. The fraction of sp³-hybridized carbons (Fsp3) is 0.625. The number of hydrogen-bond donors (Lipinski definition) is 1. The summed E-state index contributed by atoms with van der Waals surface area (Å²) in [5.41, 5.74) is 1.72. The molecule has 106 valence electrons. The van der Waals surface area contributed by atoms with E-state index in [-0.39, 0.29) is 0 Å². The van der Waals surface area contributed by atoms with E-state index in [1.165, 1.54) is 18.4 Å². The van der Waals surface area contributed by atoms with Gasteiger partial charge in [0.25, 0.3) is 0 Å². The number of benzene rings is 1. The molecule has 0 spiro atoms. The van der Waals surface area contributed by atoms with E-state index in [9.17, 15) is 0 Å². The van der Waals surface area contributed by atoms with Crippen molar-refractivity contribution in [3.8, 4) is 5.75 Å². The van der Waals surface area contributed by atoms with Gasteiger partial charge in [-0.25, -0.2) is 0 Å². The lowest BCUT2D eigenvalue weighted by Gasteiger charge is -2.49. The van der Waals surface area contributed by atoms with Crippen LogP contribution in [0, 0.1) is 5.92 Å². The third kappa shape index (κ3) is 2.93.